The SMILES string of the molecule is CSOC(=O)C1=C(COc2ccc(Cl)cc2-c2nc3ccc(C)cc3c(=O)[nH]2)CSC(C(C)NC=O)N1CO. The number of hydrogen-bond donors (Lipinski definition) is 3. The molecule has 206 valence electrons. The molecule has 39 heavy (non-hydrogen) atoms. The molecule has 0 spiro atoms. The minimum Gasteiger partial charge on any atom is -0.488 e. The molecule has 2 atom stereocenters. The molecule has 0 aliphatic carbocycles. The van der Waals surface area contributed by atoms with Gasteiger partial charge in [0, 0.05) is 22.6 Å². The van der Waals surface area contributed by atoms with Crippen LogP contribution >= 0.6 is 35.4 Å². The lowest BCUT2D eigenvalue weighted by Crippen LogP contribution is -2.50. The van der Waals surface area contributed by atoms with E-state index >= 15 is 0 Å². The molecule has 1 aliphatic heterocycles. The van der Waals surface area contributed by atoms with E-state index in [2.05, 4.69) is 15.3 Å². The van der Waals surface area contributed by atoms with E-state index in [0.717, 1.165) is 17.6 Å². The van der Waals surface area contributed by atoms with Gasteiger partial charge in [0.15, 0.2) is 0 Å². The number of nitrogens with zero attached hydrogens (tertiary/aromatic N) is 2. The number of aliphatic hydroxyl groups is 1. The monoisotopic (exact) mass is 590 g/mol. The van der Waals surface area contributed by atoms with Crippen LogP contribution < -0.4 is 15.6 Å². The van der Waals surface area contributed by atoms with E-state index in [1.807, 2.05) is 13.0 Å². The van der Waals surface area contributed by atoms with Crippen LogP contribution in [0.1, 0.15) is 12.5 Å². The van der Waals surface area contributed by atoms with Crippen molar-refractivity contribution in [2.75, 3.05) is 25.3 Å². The largest absolute Gasteiger partial charge is 0.488 e. The van der Waals surface area contributed by atoms with Crippen LogP contribution in [-0.2, 0) is 13.8 Å². The second kappa shape index (κ2) is 12.8. The van der Waals surface area contributed by atoms with Crippen LogP contribution in [0.3, 0.4) is 0 Å². The fourth-order valence-electron chi connectivity index (χ4n) is 4.27. The Kier molecular flexibility index (Phi) is 9.44. The predicted octanol–water partition coefficient (Wildman–Crippen LogP) is 3.47. The van der Waals surface area contributed by atoms with E-state index in [1.165, 1.54) is 16.7 Å². The number of halogens is 1. The Morgan fingerprint density at radius 2 is 2.18 bits per heavy atom. The van der Waals surface area contributed by atoms with Gasteiger partial charge in [0.05, 0.1) is 39.9 Å². The smallest absolute Gasteiger partial charge is 0.366 e. The Bertz CT molecular complexity index is 1480. The molecule has 3 N–H and O–H groups in total. The topological polar surface area (TPSA) is 134 Å². The Balaban J connectivity index is 1.71. The number of carbonyl (C=O) groups is 2. The van der Waals surface area contributed by atoms with E-state index in [1.54, 1.807) is 43.5 Å². The first-order valence-corrected chi connectivity index (χ1v) is 14.4. The number of aromatic nitrogens is 2. The summed E-state index contributed by atoms with van der Waals surface area (Å²) in [7, 11) is 0. The first kappa shape index (κ1) is 28.8. The number of H-pyrrole nitrogens is 1. The molecular formula is C26H27ClN4O6S2. The van der Waals surface area contributed by atoms with Gasteiger partial charge < -0.3 is 29.2 Å². The van der Waals surface area contributed by atoms with Crippen molar-refractivity contribution in [2.45, 2.75) is 25.3 Å². The second-order valence-corrected chi connectivity index (χ2v) is 10.8. The second-order valence-electron chi connectivity index (χ2n) is 8.74. The number of aliphatic hydroxyl groups excluding tert-OH is 1. The Morgan fingerprint density at radius 3 is 2.90 bits per heavy atom. The zero-order valence-electron chi connectivity index (χ0n) is 21.4. The minimum atomic E-state index is -0.633. The zero-order valence-corrected chi connectivity index (χ0v) is 23.8. The number of ether oxygens (including phenoxy) is 1. The van der Waals surface area contributed by atoms with Crippen LogP contribution in [0.4, 0.5) is 0 Å². The molecule has 2 heterocycles. The number of carbonyl (C=O) groups excluding carboxylic acids is 2. The third-order valence-corrected chi connectivity index (χ3v) is 8.15. The highest BCUT2D eigenvalue weighted by Gasteiger charge is 2.36. The van der Waals surface area contributed by atoms with Crippen LogP contribution in [0.2, 0.25) is 5.02 Å². The molecule has 1 aromatic heterocycles. The summed E-state index contributed by atoms with van der Waals surface area (Å²) in [5, 5.41) is 13.3. The molecule has 0 fully saturated rings. The summed E-state index contributed by atoms with van der Waals surface area (Å²) in [4.78, 5) is 45.7. The van der Waals surface area contributed by atoms with E-state index in [9.17, 15) is 19.5 Å². The van der Waals surface area contributed by atoms with Crippen molar-refractivity contribution in [1.29, 1.82) is 0 Å². The highest BCUT2D eigenvalue weighted by atomic mass is 35.5. The number of aromatic amines is 1. The maximum absolute atomic E-state index is 13.0. The van der Waals surface area contributed by atoms with Crippen molar-refractivity contribution in [3.8, 4) is 17.1 Å². The summed E-state index contributed by atoms with van der Waals surface area (Å²) in [6.45, 7) is 3.19. The minimum absolute atomic E-state index is 0.0177. The van der Waals surface area contributed by atoms with E-state index in [4.69, 9.17) is 20.5 Å². The fraction of sp³-hybridized carbons (Fsp3) is 0.308. The third kappa shape index (κ3) is 6.35. The first-order valence-electron chi connectivity index (χ1n) is 11.9. The van der Waals surface area contributed by atoms with Gasteiger partial charge in [0.1, 0.15) is 30.6 Å². The van der Waals surface area contributed by atoms with E-state index in [-0.39, 0.29) is 29.7 Å². The molecule has 4 rings (SSSR count). The van der Waals surface area contributed by atoms with Crippen LogP contribution in [-0.4, -0.2) is 69.1 Å². The predicted molar refractivity (Wildman–Crippen MR) is 154 cm³/mol. The van der Waals surface area contributed by atoms with Gasteiger partial charge in [-0.15, -0.1) is 11.8 Å². The molecule has 2 unspecified atom stereocenters. The van der Waals surface area contributed by atoms with Gasteiger partial charge in [-0.3, -0.25) is 9.59 Å². The van der Waals surface area contributed by atoms with E-state index < -0.39 is 18.1 Å². The third-order valence-electron chi connectivity index (χ3n) is 6.08. The lowest BCUT2D eigenvalue weighted by molar-refractivity contribution is -0.131. The average Bonchev–Trinajstić information content (AvgIpc) is 2.92. The zero-order chi connectivity index (χ0) is 28.1. The Labute approximate surface area is 238 Å². The summed E-state index contributed by atoms with van der Waals surface area (Å²) >= 11 is 8.62. The van der Waals surface area contributed by atoms with Crippen molar-refractivity contribution >= 4 is 58.7 Å². The lowest BCUT2D eigenvalue weighted by atomic mass is 10.1. The number of nitrogens with one attached hydrogen (secondary N) is 2. The molecule has 13 heteroatoms. The molecule has 3 aromatic rings. The van der Waals surface area contributed by atoms with Crippen molar-refractivity contribution in [3.63, 3.8) is 0 Å². The molecule has 2 aromatic carbocycles. The average molecular weight is 591 g/mol. The van der Waals surface area contributed by atoms with E-state index in [0.29, 0.717) is 45.0 Å². The molecule has 0 radical (unpaired) electrons. The number of rotatable bonds is 10. The fourth-order valence-corrected chi connectivity index (χ4v) is 5.99. The number of thioether (sulfide) groups is 1. The van der Waals surface area contributed by atoms with Crippen LogP contribution in [0.5, 0.6) is 5.75 Å². The first-order chi connectivity index (χ1) is 18.8. The van der Waals surface area contributed by atoms with Crippen LogP contribution in [0.25, 0.3) is 22.3 Å². The molecule has 1 amide bonds. The summed E-state index contributed by atoms with van der Waals surface area (Å²) in [6.07, 6.45) is 2.19. The summed E-state index contributed by atoms with van der Waals surface area (Å²) in [5.74, 6) is 0.426. The number of amides is 1. The molecule has 0 saturated heterocycles. The molecule has 10 nitrogen and oxygen atoms in total. The van der Waals surface area contributed by atoms with Crippen LogP contribution in [0.15, 0.2) is 52.5 Å². The standard InChI is InChI=1S/C26H27ClN4O6S2/c1-14-4-6-20-18(8-14)24(34)30-23(29-20)19-9-17(27)5-7-21(19)36-10-16-11-39-25(15(2)28-12-32)31(13-33)22(16)26(35)37-38-3/h4-9,12,15,25,33H,10-11,13H2,1-3H3,(H,28,32)(H,29,30,34). The van der Waals surface area contributed by atoms with Crippen molar-refractivity contribution < 1.29 is 23.6 Å². The van der Waals surface area contributed by atoms with Gasteiger partial charge in [0.2, 0.25) is 6.41 Å². The van der Waals surface area contributed by atoms with Crippen molar-refractivity contribution in [1.82, 2.24) is 20.2 Å². The quantitative estimate of drug-likeness (QED) is 0.238. The van der Waals surface area contributed by atoms with Gasteiger partial charge in [-0.25, -0.2) is 9.78 Å². The maximum Gasteiger partial charge on any atom is 0.366 e. The highest BCUT2D eigenvalue weighted by molar-refractivity contribution is 8.00. The lowest BCUT2D eigenvalue weighted by Gasteiger charge is -2.40. The number of hydrogen-bond acceptors (Lipinski definition) is 10. The number of benzene rings is 2. The summed E-state index contributed by atoms with van der Waals surface area (Å²) < 4.78 is 11.4. The number of aryl methyl sites for hydroxylation is 1. The van der Waals surface area contributed by atoms with Crippen molar-refractivity contribution in [2.24, 2.45) is 0 Å². The Morgan fingerprint density at radius 1 is 1.38 bits per heavy atom. The highest BCUT2D eigenvalue weighted by Crippen LogP contribution is 2.35. The van der Waals surface area contributed by atoms with Crippen molar-refractivity contribution in [3.05, 3.63) is 68.6 Å². The van der Waals surface area contributed by atoms with Gasteiger partial charge in [-0.2, -0.15) is 0 Å². The summed E-state index contributed by atoms with van der Waals surface area (Å²) in [5.41, 5.74) is 2.40. The Hall–Kier alpha value is -3.19. The maximum atomic E-state index is 13.0. The van der Waals surface area contributed by atoms with Gasteiger partial charge in [-0.1, -0.05) is 23.2 Å². The molecule has 0 saturated carbocycles. The number of fused-ring (bicyclic) bond motifs is 1. The molecule has 0 bridgehead atoms. The molecular weight excluding hydrogens is 564 g/mol. The molecule has 1 aliphatic rings. The van der Waals surface area contributed by atoms with Gasteiger partial charge >= 0.3 is 5.97 Å². The van der Waals surface area contributed by atoms with Gasteiger partial charge in [-0.05, 0) is 44.2 Å². The normalized spacial score (nSPS) is 16.2. The summed E-state index contributed by atoms with van der Waals surface area (Å²) in [6, 6.07) is 10.0. The van der Waals surface area contributed by atoms with Crippen LogP contribution in [0, 0.1) is 6.92 Å². The van der Waals surface area contributed by atoms with Gasteiger partial charge in [0.25, 0.3) is 5.56 Å².